The average Bonchev–Trinajstić information content (AvgIpc) is 3.54. The molecule has 0 aliphatic carbocycles. The van der Waals surface area contributed by atoms with Gasteiger partial charge in [-0.15, -0.1) is 0 Å². The van der Waals surface area contributed by atoms with Crippen LogP contribution in [0.1, 0.15) is 29.6 Å². The van der Waals surface area contributed by atoms with E-state index in [1.54, 1.807) is 6.20 Å². The minimum atomic E-state index is -0.342. The summed E-state index contributed by atoms with van der Waals surface area (Å²) in [5.41, 5.74) is 2.17. The van der Waals surface area contributed by atoms with Crippen molar-refractivity contribution in [2.24, 2.45) is 0 Å². The highest BCUT2D eigenvalue weighted by molar-refractivity contribution is 6.01. The Hall–Kier alpha value is -3.92. The van der Waals surface area contributed by atoms with Crippen molar-refractivity contribution in [3.63, 3.8) is 0 Å². The van der Waals surface area contributed by atoms with Crippen molar-refractivity contribution in [3.05, 3.63) is 70.5 Å². The summed E-state index contributed by atoms with van der Waals surface area (Å²) in [4.78, 5) is 31.8. The first-order chi connectivity index (χ1) is 20.7. The zero-order valence-corrected chi connectivity index (χ0v) is 23.9. The van der Waals surface area contributed by atoms with Crippen LogP contribution in [0.15, 0.2) is 59.5 Å². The Kier molecular flexibility index (Phi) is 7.54. The average molecular weight is 568 g/mol. The number of pyridine rings is 1. The van der Waals surface area contributed by atoms with Crippen LogP contribution in [0.4, 0.5) is 5.69 Å². The lowest BCUT2D eigenvalue weighted by molar-refractivity contribution is 0.0378. The molecule has 218 valence electrons. The number of hydrogen-bond donors (Lipinski definition) is 2. The predicted octanol–water partition coefficient (Wildman–Crippen LogP) is 4.21. The number of carbonyl (C=O) groups excluding carboxylic acids is 1. The Morgan fingerprint density at radius 2 is 1.64 bits per heavy atom. The second-order valence-electron chi connectivity index (χ2n) is 11.4. The fourth-order valence-electron chi connectivity index (χ4n) is 6.35. The summed E-state index contributed by atoms with van der Waals surface area (Å²) < 4.78 is 14.0. The molecule has 0 unspecified atom stereocenters. The number of benzene rings is 3. The second kappa shape index (κ2) is 11.8. The third-order valence-electron chi connectivity index (χ3n) is 8.65. The number of nitrogens with zero attached hydrogens (tertiary/aromatic N) is 3. The van der Waals surface area contributed by atoms with Crippen LogP contribution in [0.5, 0.6) is 11.5 Å². The smallest absolute Gasteiger partial charge is 0.256 e. The minimum Gasteiger partial charge on any atom is -0.451 e. The Balaban J connectivity index is 1.23. The third kappa shape index (κ3) is 5.24. The fourth-order valence-corrected chi connectivity index (χ4v) is 6.35. The Morgan fingerprint density at radius 3 is 2.45 bits per heavy atom. The normalized spacial score (nSPS) is 16.9. The van der Waals surface area contributed by atoms with E-state index in [9.17, 15) is 9.59 Å². The molecule has 2 fully saturated rings. The molecule has 42 heavy (non-hydrogen) atoms. The Labute approximate surface area is 245 Å². The molecule has 7 rings (SSSR count). The molecule has 1 amide bonds. The van der Waals surface area contributed by atoms with Gasteiger partial charge in [0, 0.05) is 38.9 Å². The molecule has 9 nitrogen and oxygen atoms in total. The van der Waals surface area contributed by atoms with E-state index in [-0.39, 0.29) is 16.9 Å². The summed E-state index contributed by atoms with van der Waals surface area (Å²) in [5, 5.41) is 9.14. The first kappa shape index (κ1) is 26.9. The summed E-state index contributed by atoms with van der Waals surface area (Å²) in [6.45, 7) is 8.72. The first-order valence-electron chi connectivity index (χ1n) is 15.1. The van der Waals surface area contributed by atoms with Crippen LogP contribution in [0.25, 0.3) is 27.4 Å². The molecule has 0 bridgehead atoms. The molecule has 1 aromatic heterocycles. The molecular formula is C33H37N5O4. The number of ether oxygens (including phenoxy) is 2. The standard InChI is InChI=1S/C33H37N5O4/c39-31-25-8-9-27(34-10-5-14-37-16-18-41-19-17-37)32-30(25)38(22-26(31)33(40)35-11-15-36-12-3-4-13-36)28-20-23-6-1-2-7-24(23)21-29(28)42-32/h1-2,6-9,20-22,34H,3-5,10-19H2,(H,35,40). The summed E-state index contributed by atoms with van der Waals surface area (Å²) in [6, 6.07) is 15.9. The van der Waals surface area contributed by atoms with E-state index in [1.807, 2.05) is 34.9 Å². The maximum absolute atomic E-state index is 13.7. The molecule has 4 heterocycles. The molecule has 0 spiro atoms. The molecule has 3 aliphatic heterocycles. The van der Waals surface area contributed by atoms with Crippen molar-refractivity contribution in [1.82, 2.24) is 19.7 Å². The number of anilines is 1. The molecular weight excluding hydrogens is 530 g/mol. The number of aromatic nitrogens is 1. The molecule has 0 saturated carbocycles. The fraction of sp³-hybridized carbons (Fsp3) is 0.394. The highest BCUT2D eigenvalue weighted by Crippen LogP contribution is 2.45. The number of nitrogens with one attached hydrogen (secondary N) is 2. The molecule has 0 atom stereocenters. The van der Waals surface area contributed by atoms with Crippen molar-refractivity contribution < 1.29 is 14.3 Å². The SMILES string of the molecule is O=C(NCCN1CCCC1)c1cn2c3c(c(NCCCN4CCOCC4)ccc3c1=O)Oc1cc3ccccc3cc1-2. The maximum Gasteiger partial charge on any atom is 0.256 e. The number of hydrogen-bond acceptors (Lipinski definition) is 7. The van der Waals surface area contributed by atoms with Crippen LogP contribution in [0.3, 0.4) is 0 Å². The summed E-state index contributed by atoms with van der Waals surface area (Å²) in [6.07, 6.45) is 5.07. The van der Waals surface area contributed by atoms with Crippen LogP contribution in [-0.2, 0) is 4.74 Å². The summed E-state index contributed by atoms with van der Waals surface area (Å²) in [5.74, 6) is 0.958. The van der Waals surface area contributed by atoms with Gasteiger partial charge in [0.2, 0.25) is 5.43 Å². The van der Waals surface area contributed by atoms with Crippen LogP contribution < -0.4 is 20.8 Å². The number of rotatable bonds is 9. The zero-order chi connectivity index (χ0) is 28.5. The number of fused-ring (bicyclic) bond motifs is 3. The van der Waals surface area contributed by atoms with Gasteiger partial charge in [0.15, 0.2) is 11.5 Å². The van der Waals surface area contributed by atoms with E-state index in [0.717, 1.165) is 87.6 Å². The number of morpholine rings is 1. The number of likely N-dealkylation sites (tertiary alicyclic amines) is 1. The van der Waals surface area contributed by atoms with Crippen LogP contribution in [-0.4, -0.2) is 85.8 Å². The second-order valence-corrected chi connectivity index (χ2v) is 11.4. The van der Waals surface area contributed by atoms with E-state index < -0.39 is 0 Å². The predicted molar refractivity (Wildman–Crippen MR) is 165 cm³/mol. The molecule has 2 saturated heterocycles. The van der Waals surface area contributed by atoms with E-state index >= 15 is 0 Å². The van der Waals surface area contributed by atoms with E-state index in [4.69, 9.17) is 9.47 Å². The van der Waals surface area contributed by atoms with Crippen LogP contribution in [0, 0.1) is 0 Å². The van der Waals surface area contributed by atoms with Gasteiger partial charge in [0.05, 0.1) is 30.0 Å². The van der Waals surface area contributed by atoms with Gasteiger partial charge in [-0.1, -0.05) is 24.3 Å². The molecule has 3 aromatic carbocycles. The monoisotopic (exact) mass is 567 g/mol. The molecule has 0 radical (unpaired) electrons. The summed E-state index contributed by atoms with van der Waals surface area (Å²) >= 11 is 0. The third-order valence-corrected chi connectivity index (χ3v) is 8.65. The largest absolute Gasteiger partial charge is 0.451 e. The number of carbonyl (C=O) groups is 1. The van der Waals surface area contributed by atoms with Crippen molar-refractivity contribution in [2.45, 2.75) is 19.3 Å². The highest BCUT2D eigenvalue weighted by Gasteiger charge is 2.27. The quantitative estimate of drug-likeness (QED) is 0.258. The van der Waals surface area contributed by atoms with Gasteiger partial charge in [0.25, 0.3) is 5.91 Å². The van der Waals surface area contributed by atoms with E-state index in [0.29, 0.717) is 28.9 Å². The van der Waals surface area contributed by atoms with Crippen molar-refractivity contribution in [2.75, 3.05) is 70.9 Å². The minimum absolute atomic E-state index is 0.141. The van der Waals surface area contributed by atoms with Gasteiger partial charge in [-0.2, -0.15) is 0 Å². The summed E-state index contributed by atoms with van der Waals surface area (Å²) in [7, 11) is 0. The van der Waals surface area contributed by atoms with E-state index in [2.05, 4.69) is 38.6 Å². The van der Waals surface area contributed by atoms with Gasteiger partial charge >= 0.3 is 0 Å². The zero-order valence-electron chi connectivity index (χ0n) is 23.9. The van der Waals surface area contributed by atoms with Crippen LogP contribution in [0.2, 0.25) is 0 Å². The van der Waals surface area contributed by atoms with Crippen molar-refractivity contribution >= 4 is 33.3 Å². The van der Waals surface area contributed by atoms with Gasteiger partial charge < -0.3 is 29.6 Å². The van der Waals surface area contributed by atoms with Crippen molar-refractivity contribution in [3.8, 4) is 17.2 Å². The molecule has 9 heteroatoms. The van der Waals surface area contributed by atoms with Gasteiger partial charge in [0.1, 0.15) is 11.1 Å². The molecule has 3 aliphatic rings. The van der Waals surface area contributed by atoms with Gasteiger partial charge in [-0.3, -0.25) is 14.5 Å². The van der Waals surface area contributed by atoms with Gasteiger partial charge in [-0.25, -0.2) is 0 Å². The van der Waals surface area contributed by atoms with Crippen molar-refractivity contribution in [1.29, 1.82) is 0 Å². The van der Waals surface area contributed by atoms with E-state index in [1.165, 1.54) is 12.8 Å². The molecule has 2 N–H and O–H groups in total. The maximum atomic E-state index is 13.7. The van der Waals surface area contributed by atoms with Gasteiger partial charge in [-0.05, 0) is 73.9 Å². The first-order valence-corrected chi connectivity index (χ1v) is 15.1. The lowest BCUT2D eigenvalue weighted by Gasteiger charge is -2.27. The topological polar surface area (TPSA) is 88.1 Å². The number of amides is 1. The molecule has 4 aromatic rings. The lowest BCUT2D eigenvalue weighted by Crippen LogP contribution is -2.37. The van der Waals surface area contributed by atoms with Crippen LogP contribution >= 0.6 is 0 Å². The Morgan fingerprint density at radius 1 is 0.881 bits per heavy atom. The highest BCUT2D eigenvalue weighted by atomic mass is 16.5. The lowest BCUT2D eigenvalue weighted by atomic mass is 10.0. The Bertz CT molecular complexity index is 1690.